The molecular formula is C25H36O2Si. The summed E-state index contributed by atoms with van der Waals surface area (Å²) in [5.41, 5.74) is 7.64. The molecule has 0 N–H and O–H groups in total. The molecule has 0 spiro atoms. The molecule has 0 heterocycles. The molecule has 0 radical (unpaired) electrons. The zero-order valence-electron chi connectivity index (χ0n) is 18.6. The maximum absolute atomic E-state index is 13.0. The van der Waals surface area contributed by atoms with E-state index < -0.39 is 8.32 Å². The number of ketones is 1. The predicted octanol–water partition coefficient (Wildman–Crippen LogP) is 7.05. The van der Waals surface area contributed by atoms with Crippen LogP contribution in [0.15, 0.2) is 6.58 Å². The quantitative estimate of drug-likeness (QED) is 0.498. The number of hydrogen-bond acceptors (Lipinski definition) is 2. The second-order valence-electron chi connectivity index (χ2n) is 9.91. The third-order valence-corrected chi connectivity index (χ3v) is 12.9. The Morgan fingerprint density at radius 2 is 1.71 bits per heavy atom. The largest absolute Gasteiger partial charge is 0.543 e. The minimum atomic E-state index is -1.81. The molecule has 0 bridgehead atoms. The van der Waals surface area contributed by atoms with Crippen molar-refractivity contribution >= 4 is 19.7 Å². The summed E-state index contributed by atoms with van der Waals surface area (Å²) < 4.78 is 7.01. The maximum Gasteiger partial charge on any atom is 0.250 e. The molecule has 152 valence electrons. The third-order valence-electron chi connectivity index (χ3n) is 8.44. The zero-order chi connectivity index (χ0) is 20.4. The van der Waals surface area contributed by atoms with Gasteiger partial charge in [0.1, 0.15) is 5.75 Å². The second kappa shape index (κ2) is 6.58. The number of rotatable bonds is 5. The van der Waals surface area contributed by atoms with Gasteiger partial charge >= 0.3 is 0 Å². The van der Waals surface area contributed by atoms with Crippen molar-refractivity contribution < 1.29 is 9.22 Å². The summed E-state index contributed by atoms with van der Waals surface area (Å²) in [5.74, 6) is 2.65. The number of carbonyl (C=O) groups excluding carboxylic acids is 1. The van der Waals surface area contributed by atoms with Gasteiger partial charge in [0, 0.05) is 17.5 Å². The molecule has 0 aliphatic heterocycles. The lowest BCUT2D eigenvalue weighted by atomic mass is 9.84. The summed E-state index contributed by atoms with van der Waals surface area (Å²) in [6.45, 7) is 18.4. The summed E-state index contributed by atoms with van der Waals surface area (Å²) in [6.07, 6.45) is 3.69. The van der Waals surface area contributed by atoms with Crippen LogP contribution in [0.4, 0.5) is 0 Å². The lowest BCUT2D eigenvalue weighted by Gasteiger charge is -2.33. The predicted molar refractivity (Wildman–Crippen MR) is 120 cm³/mol. The van der Waals surface area contributed by atoms with Gasteiger partial charge in [0.05, 0.1) is 0 Å². The van der Waals surface area contributed by atoms with Gasteiger partial charge in [-0.25, -0.2) is 0 Å². The van der Waals surface area contributed by atoms with E-state index >= 15 is 0 Å². The van der Waals surface area contributed by atoms with Crippen LogP contribution in [0.1, 0.15) is 92.4 Å². The van der Waals surface area contributed by atoms with Crippen LogP contribution in [0.2, 0.25) is 18.1 Å². The fourth-order valence-corrected chi connectivity index (χ4v) is 8.88. The SMILES string of the molecule is C=C1CC[C@H]2[C@@H](c3c(C)c(O[Si](CC)(CC)CC)c4c(c31)C(=O)CC4)C2(C)C. The smallest absolute Gasteiger partial charge is 0.250 e. The van der Waals surface area contributed by atoms with E-state index in [0.29, 0.717) is 29.5 Å². The monoisotopic (exact) mass is 396 g/mol. The number of hydrogen-bond donors (Lipinski definition) is 0. The molecule has 1 saturated carbocycles. The Bertz CT molecular complexity index is 852. The Morgan fingerprint density at radius 3 is 2.32 bits per heavy atom. The summed E-state index contributed by atoms with van der Waals surface area (Å²) >= 11 is 0. The van der Waals surface area contributed by atoms with Gasteiger partial charge in [-0.1, -0.05) is 41.2 Å². The van der Waals surface area contributed by atoms with Gasteiger partial charge in [0.2, 0.25) is 8.32 Å². The molecule has 2 atom stereocenters. The lowest BCUT2D eigenvalue weighted by molar-refractivity contribution is 0.0994. The highest BCUT2D eigenvalue weighted by atomic mass is 28.4. The van der Waals surface area contributed by atoms with Crippen LogP contribution in [0, 0.1) is 18.3 Å². The molecule has 3 aliphatic rings. The van der Waals surface area contributed by atoms with Crippen LogP contribution in [0.3, 0.4) is 0 Å². The first-order valence-corrected chi connectivity index (χ1v) is 13.8. The molecule has 2 nitrogen and oxygen atoms in total. The highest BCUT2D eigenvalue weighted by Gasteiger charge is 2.60. The van der Waals surface area contributed by atoms with Crippen LogP contribution in [0.5, 0.6) is 5.75 Å². The molecule has 0 aromatic heterocycles. The summed E-state index contributed by atoms with van der Waals surface area (Å²) in [4.78, 5) is 13.0. The minimum Gasteiger partial charge on any atom is -0.543 e. The molecule has 0 saturated heterocycles. The minimum absolute atomic E-state index is 0.311. The van der Waals surface area contributed by atoms with Gasteiger partial charge in [0.25, 0.3) is 0 Å². The second-order valence-corrected chi connectivity index (χ2v) is 14.6. The van der Waals surface area contributed by atoms with Gasteiger partial charge in [0.15, 0.2) is 5.78 Å². The van der Waals surface area contributed by atoms with Gasteiger partial charge in [-0.3, -0.25) is 4.79 Å². The molecular weight excluding hydrogens is 360 g/mol. The van der Waals surface area contributed by atoms with Crippen molar-refractivity contribution in [3.63, 3.8) is 0 Å². The van der Waals surface area contributed by atoms with Crippen LogP contribution in [-0.2, 0) is 6.42 Å². The van der Waals surface area contributed by atoms with Crippen molar-refractivity contribution in [2.24, 2.45) is 11.3 Å². The number of carbonyl (C=O) groups is 1. The van der Waals surface area contributed by atoms with Crippen molar-refractivity contribution in [2.45, 2.75) is 91.3 Å². The van der Waals surface area contributed by atoms with Crippen LogP contribution in [0.25, 0.3) is 5.57 Å². The molecule has 1 fully saturated rings. The van der Waals surface area contributed by atoms with E-state index in [-0.39, 0.29) is 0 Å². The molecule has 3 heteroatoms. The fourth-order valence-electron chi connectivity index (χ4n) is 6.23. The van der Waals surface area contributed by atoms with E-state index in [4.69, 9.17) is 4.43 Å². The summed E-state index contributed by atoms with van der Waals surface area (Å²) in [7, 11) is -1.81. The van der Waals surface area contributed by atoms with Crippen molar-refractivity contribution in [2.75, 3.05) is 0 Å². The Morgan fingerprint density at radius 1 is 1.07 bits per heavy atom. The van der Waals surface area contributed by atoms with E-state index in [1.54, 1.807) is 0 Å². The summed E-state index contributed by atoms with van der Waals surface area (Å²) in [6, 6.07) is 3.39. The van der Waals surface area contributed by atoms with E-state index in [0.717, 1.165) is 42.3 Å². The first-order chi connectivity index (χ1) is 13.2. The average molecular weight is 397 g/mol. The molecule has 28 heavy (non-hydrogen) atoms. The van der Waals surface area contributed by atoms with E-state index in [1.807, 2.05) is 0 Å². The zero-order valence-corrected chi connectivity index (χ0v) is 19.6. The van der Waals surface area contributed by atoms with Crippen LogP contribution < -0.4 is 4.43 Å². The topological polar surface area (TPSA) is 26.3 Å². The fraction of sp³-hybridized carbons (Fsp3) is 0.640. The van der Waals surface area contributed by atoms with Gasteiger partial charge in [-0.15, -0.1) is 0 Å². The van der Waals surface area contributed by atoms with Crippen molar-refractivity contribution in [3.05, 3.63) is 34.4 Å². The first kappa shape index (κ1) is 19.9. The highest BCUT2D eigenvalue weighted by molar-refractivity contribution is 6.74. The van der Waals surface area contributed by atoms with Crippen molar-refractivity contribution in [3.8, 4) is 5.75 Å². The Balaban J connectivity index is 1.98. The standard InChI is InChI=1S/C25H36O2Si/c1-8-28(9-2,10-3)27-24-16(5)21-20(22-17(24)12-14-19(22)26)15(4)11-13-18-23(21)25(18,6)7/h18,23H,4,8-14H2,1-3,5-7H3/t18-,23-/m0/s1. The van der Waals surface area contributed by atoms with Gasteiger partial charge < -0.3 is 4.43 Å². The molecule has 3 aliphatic carbocycles. The maximum atomic E-state index is 13.0. The van der Waals surface area contributed by atoms with Crippen molar-refractivity contribution in [1.29, 1.82) is 0 Å². The number of allylic oxidation sites excluding steroid dienone is 1. The van der Waals surface area contributed by atoms with Crippen LogP contribution >= 0.6 is 0 Å². The number of fused-ring (bicyclic) bond motifs is 5. The molecule has 1 aromatic carbocycles. The molecule has 1 aromatic rings. The van der Waals surface area contributed by atoms with E-state index in [9.17, 15) is 4.79 Å². The Labute approximate surface area is 171 Å². The van der Waals surface area contributed by atoms with Gasteiger partial charge in [-0.05, 0) is 83.8 Å². The lowest BCUT2D eigenvalue weighted by Crippen LogP contribution is -2.40. The number of Topliss-reactive ketones (excluding diaryl/α,β-unsaturated/α-hetero) is 1. The van der Waals surface area contributed by atoms with Crippen LogP contribution in [-0.4, -0.2) is 14.1 Å². The molecule has 0 unspecified atom stereocenters. The third kappa shape index (κ3) is 2.61. The van der Waals surface area contributed by atoms with Crippen molar-refractivity contribution in [1.82, 2.24) is 0 Å². The average Bonchev–Trinajstić information content (AvgIpc) is 3.08. The normalized spacial score (nSPS) is 25.1. The summed E-state index contributed by atoms with van der Waals surface area (Å²) in [5, 5.41) is 0. The van der Waals surface area contributed by atoms with Gasteiger partial charge in [-0.2, -0.15) is 0 Å². The molecule has 4 rings (SSSR count). The Hall–Kier alpha value is -1.35. The van der Waals surface area contributed by atoms with E-state index in [1.165, 1.54) is 34.2 Å². The Kier molecular flexibility index (Phi) is 4.69. The number of benzene rings is 1. The highest BCUT2D eigenvalue weighted by Crippen LogP contribution is 2.70. The van der Waals surface area contributed by atoms with E-state index in [2.05, 4.69) is 48.1 Å². The first-order valence-electron chi connectivity index (χ1n) is 11.3. The molecule has 0 amide bonds.